The van der Waals surface area contributed by atoms with Gasteiger partial charge in [-0.05, 0) is 43.4 Å². The van der Waals surface area contributed by atoms with E-state index in [0.29, 0.717) is 11.8 Å². The quantitative estimate of drug-likeness (QED) is 0.749. The lowest BCUT2D eigenvalue weighted by Gasteiger charge is -2.13. The molecule has 102 valence electrons. The summed E-state index contributed by atoms with van der Waals surface area (Å²) in [6.07, 6.45) is 3.93. The molecule has 1 aromatic heterocycles. The molecule has 0 aliphatic heterocycles. The first kappa shape index (κ1) is 14.4. The Kier molecular flexibility index (Phi) is 5.23. The molecule has 0 saturated heterocycles. The molecular formula is C15H18ClNOS. The van der Waals surface area contributed by atoms with Crippen LogP contribution in [0.2, 0.25) is 0 Å². The molecule has 0 radical (unpaired) electrons. The summed E-state index contributed by atoms with van der Waals surface area (Å²) in [7, 11) is 1.69. The molecule has 4 heteroatoms. The number of ether oxygens (including phenoxy) is 1. The Bertz CT molecular complexity index is 526. The summed E-state index contributed by atoms with van der Waals surface area (Å²) < 4.78 is 5.25. The van der Waals surface area contributed by atoms with Crippen LogP contribution in [0, 0.1) is 12.8 Å². The number of alkyl halides is 1. The molecule has 2 rings (SSSR count). The van der Waals surface area contributed by atoms with Crippen LogP contribution in [-0.2, 0) is 12.8 Å². The van der Waals surface area contributed by atoms with Crippen molar-refractivity contribution in [2.24, 2.45) is 5.92 Å². The second kappa shape index (κ2) is 6.92. The highest BCUT2D eigenvalue weighted by molar-refractivity contribution is 7.11. The third-order valence-electron chi connectivity index (χ3n) is 3.04. The SMILES string of the molecule is COc1cccc(CC(CCl)Cc2cnc(C)s2)c1. The largest absolute Gasteiger partial charge is 0.497 e. The lowest BCUT2D eigenvalue weighted by molar-refractivity contribution is 0.414. The predicted molar refractivity (Wildman–Crippen MR) is 81.5 cm³/mol. The molecule has 2 aromatic rings. The van der Waals surface area contributed by atoms with Crippen molar-refractivity contribution in [1.82, 2.24) is 4.98 Å². The maximum Gasteiger partial charge on any atom is 0.119 e. The summed E-state index contributed by atoms with van der Waals surface area (Å²) in [5.74, 6) is 2.00. The van der Waals surface area contributed by atoms with Gasteiger partial charge >= 0.3 is 0 Å². The highest BCUT2D eigenvalue weighted by atomic mass is 35.5. The number of benzene rings is 1. The van der Waals surface area contributed by atoms with Crippen LogP contribution in [-0.4, -0.2) is 18.0 Å². The van der Waals surface area contributed by atoms with Crippen LogP contribution >= 0.6 is 22.9 Å². The Labute approximate surface area is 123 Å². The van der Waals surface area contributed by atoms with E-state index in [9.17, 15) is 0 Å². The van der Waals surface area contributed by atoms with Gasteiger partial charge in [-0.15, -0.1) is 22.9 Å². The summed E-state index contributed by atoms with van der Waals surface area (Å²) in [6, 6.07) is 8.19. The minimum Gasteiger partial charge on any atom is -0.497 e. The number of halogens is 1. The normalized spacial score (nSPS) is 12.4. The molecule has 0 aliphatic rings. The van der Waals surface area contributed by atoms with Crippen LogP contribution in [0.5, 0.6) is 5.75 Å². The van der Waals surface area contributed by atoms with Gasteiger partial charge in [0.25, 0.3) is 0 Å². The van der Waals surface area contributed by atoms with Crippen molar-refractivity contribution >= 4 is 22.9 Å². The van der Waals surface area contributed by atoms with Crippen molar-refractivity contribution in [3.63, 3.8) is 0 Å². The first-order chi connectivity index (χ1) is 9.21. The second-order valence-corrected chi connectivity index (χ2v) is 6.25. The number of methoxy groups -OCH3 is 1. The molecule has 1 atom stereocenters. The number of hydrogen-bond donors (Lipinski definition) is 0. The summed E-state index contributed by atoms with van der Waals surface area (Å²) in [4.78, 5) is 5.60. The van der Waals surface area contributed by atoms with Crippen molar-refractivity contribution in [3.05, 3.63) is 45.9 Å². The van der Waals surface area contributed by atoms with Gasteiger partial charge < -0.3 is 4.74 Å². The van der Waals surface area contributed by atoms with E-state index in [1.54, 1.807) is 18.4 Å². The van der Waals surface area contributed by atoms with Gasteiger partial charge in [-0.3, -0.25) is 0 Å². The van der Waals surface area contributed by atoms with Gasteiger partial charge in [0.1, 0.15) is 5.75 Å². The predicted octanol–water partition coefficient (Wildman–Crippen LogP) is 4.10. The van der Waals surface area contributed by atoms with Gasteiger partial charge in [0, 0.05) is 17.0 Å². The molecule has 0 aliphatic carbocycles. The maximum atomic E-state index is 6.10. The minimum absolute atomic E-state index is 0.439. The summed E-state index contributed by atoms with van der Waals surface area (Å²) in [5.41, 5.74) is 1.27. The lowest BCUT2D eigenvalue weighted by atomic mass is 9.97. The van der Waals surface area contributed by atoms with Gasteiger partial charge in [0.05, 0.1) is 12.1 Å². The number of thiazole rings is 1. The molecule has 1 unspecified atom stereocenters. The monoisotopic (exact) mass is 295 g/mol. The lowest BCUT2D eigenvalue weighted by Crippen LogP contribution is -2.09. The van der Waals surface area contributed by atoms with Crippen LogP contribution in [0.25, 0.3) is 0 Å². The maximum absolute atomic E-state index is 6.10. The molecule has 0 saturated carbocycles. The Morgan fingerprint density at radius 1 is 1.37 bits per heavy atom. The average Bonchev–Trinajstić information content (AvgIpc) is 2.83. The van der Waals surface area contributed by atoms with E-state index < -0.39 is 0 Å². The Balaban J connectivity index is 2.01. The van der Waals surface area contributed by atoms with E-state index in [1.165, 1.54) is 10.4 Å². The fourth-order valence-corrected chi connectivity index (χ4v) is 3.23. The number of hydrogen-bond acceptors (Lipinski definition) is 3. The van der Waals surface area contributed by atoms with Crippen LogP contribution < -0.4 is 4.74 Å². The van der Waals surface area contributed by atoms with Crippen LogP contribution in [0.1, 0.15) is 15.4 Å². The van der Waals surface area contributed by atoms with E-state index in [4.69, 9.17) is 16.3 Å². The zero-order valence-corrected chi connectivity index (χ0v) is 12.8. The van der Waals surface area contributed by atoms with Gasteiger partial charge in [0.15, 0.2) is 0 Å². The molecule has 19 heavy (non-hydrogen) atoms. The van der Waals surface area contributed by atoms with Crippen molar-refractivity contribution in [2.45, 2.75) is 19.8 Å². The molecule has 0 N–H and O–H groups in total. The third kappa shape index (κ3) is 4.22. The Hall–Kier alpha value is -1.06. The standard InChI is InChI=1S/C15H18ClNOS/c1-11-17-10-15(19-11)8-13(9-16)6-12-4-3-5-14(7-12)18-2/h3-5,7,10,13H,6,8-9H2,1-2H3. The topological polar surface area (TPSA) is 22.1 Å². The van der Waals surface area contributed by atoms with Crippen LogP contribution in [0.4, 0.5) is 0 Å². The Morgan fingerprint density at radius 2 is 2.21 bits per heavy atom. The zero-order chi connectivity index (χ0) is 13.7. The molecule has 1 heterocycles. The number of aryl methyl sites for hydroxylation is 1. The molecule has 0 amide bonds. The molecule has 0 spiro atoms. The van der Waals surface area contributed by atoms with E-state index in [0.717, 1.165) is 23.6 Å². The molecular weight excluding hydrogens is 278 g/mol. The first-order valence-electron chi connectivity index (χ1n) is 6.31. The fourth-order valence-electron chi connectivity index (χ4n) is 2.10. The summed E-state index contributed by atoms with van der Waals surface area (Å²) in [6.45, 7) is 2.03. The molecule has 2 nitrogen and oxygen atoms in total. The molecule has 0 fully saturated rings. The smallest absolute Gasteiger partial charge is 0.119 e. The number of nitrogens with zero attached hydrogens (tertiary/aromatic N) is 1. The Morgan fingerprint density at radius 3 is 2.84 bits per heavy atom. The van der Waals surface area contributed by atoms with Crippen LogP contribution in [0.15, 0.2) is 30.5 Å². The first-order valence-corrected chi connectivity index (χ1v) is 7.66. The fraction of sp³-hybridized carbons (Fsp3) is 0.400. The molecule has 1 aromatic carbocycles. The summed E-state index contributed by atoms with van der Waals surface area (Å²) >= 11 is 7.86. The van der Waals surface area contributed by atoms with E-state index >= 15 is 0 Å². The highest BCUT2D eigenvalue weighted by Crippen LogP contribution is 2.22. The number of aromatic nitrogens is 1. The van der Waals surface area contributed by atoms with Crippen molar-refractivity contribution in [2.75, 3.05) is 13.0 Å². The second-order valence-electron chi connectivity index (χ2n) is 4.63. The van der Waals surface area contributed by atoms with Crippen LogP contribution in [0.3, 0.4) is 0 Å². The van der Waals surface area contributed by atoms with Crippen molar-refractivity contribution < 1.29 is 4.74 Å². The van der Waals surface area contributed by atoms with E-state index in [2.05, 4.69) is 17.1 Å². The summed E-state index contributed by atoms with van der Waals surface area (Å²) in [5, 5.41) is 1.12. The third-order valence-corrected chi connectivity index (χ3v) is 4.41. The van der Waals surface area contributed by atoms with Gasteiger partial charge in [-0.25, -0.2) is 4.98 Å². The van der Waals surface area contributed by atoms with Crippen molar-refractivity contribution in [3.8, 4) is 5.75 Å². The van der Waals surface area contributed by atoms with Gasteiger partial charge in [-0.1, -0.05) is 12.1 Å². The van der Waals surface area contributed by atoms with Crippen molar-refractivity contribution in [1.29, 1.82) is 0 Å². The van der Waals surface area contributed by atoms with Gasteiger partial charge in [-0.2, -0.15) is 0 Å². The van der Waals surface area contributed by atoms with E-state index in [1.807, 2.05) is 25.3 Å². The highest BCUT2D eigenvalue weighted by Gasteiger charge is 2.12. The van der Waals surface area contributed by atoms with E-state index in [-0.39, 0.29) is 0 Å². The zero-order valence-electron chi connectivity index (χ0n) is 11.2. The average molecular weight is 296 g/mol. The van der Waals surface area contributed by atoms with Gasteiger partial charge in [0.2, 0.25) is 0 Å². The minimum atomic E-state index is 0.439. The number of rotatable bonds is 6. The molecule has 0 bridgehead atoms.